The third-order valence-corrected chi connectivity index (χ3v) is 4.97. The van der Waals surface area contributed by atoms with E-state index >= 15 is 0 Å². The molecule has 120 valence electrons. The third kappa shape index (κ3) is 4.30. The van der Waals surface area contributed by atoms with Crippen LogP contribution < -0.4 is 0 Å². The number of piperazine rings is 1. The number of carbonyl (C=O) groups excluding carboxylic acids is 1. The van der Waals surface area contributed by atoms with Gasteiger partial charge in [-0.3, -0.25) is 9.69 Å². The molecule has 3 rings (SSSR count). The first-order valence-electron chi connectivity index (χ1n) is 8.00. The van der Waals surface area contributed by atoms with Crippen molar-refractivity contribution in [1.82, 2.24) is 9.80 Å². The summed E-state index contributed by atoms with van der Waals surface area (Å²) in [6, 6.07) is 14.6. The second-order valence-electron chi connectivity index (χ2n) is 5.90. The summed E-state index contributed by atoms with van der Waals surface area (Å²) in [6.07, 6.45) is 1.99. The molecule has 0 aliphatic carbocycles. The van der Waals surface area contributed by atoms with E-state index in [1.54, 1.807) is 11.3 Å². The summed E-state index contributed by atoms with van der Waals surface area (Å²) in [5, 5.41) is 2.03. The van der Waals surface area contributed by atoms with Crippen molar-refractivity contribution in [3.05, 3.63) is 63.9 Å². The van der Waals surface area contributed by atoms with Crippen LogP contribution >= 0.6 is 11.3 Å². The molecule has 4 heteroatoms. The van der Waals surface area contributed by atoms with Crippen molar-refractivity contribution < 1.29 is 4.79 Å². The lowest BCUT2D eigenvalue weighted by Crippen LogP contribution is -2.48. The van der Waals surface area contributed by atoms with Gasteiger partial charge in [-0.25, -0.2) is 0 Å². The zero-order valence-electron chi connectivity index (χ0n) is 13.4. The minimum absolute atomic E-state index is 0.165. The number of benzene rings is 1. The molecule has 0 unspecified atom stereocenters. The van der Waals surface area contributed by atoms with Gasteiger partial charge < -0.3 is 4.90 Å². The van der Waals surface area contributed by atoms with Gasteiger partial charge in [-0.1, -0.05) is 36.4 Å². The van der Waals surface area contributed by atoms with Gasteiger partial charge in [-0.2, -0.15) is 0 Å². The topological polar surface area (TPSA) is 23.6 Å². The van der Waals surface area contributed by atoms with Gasteiger partial charge in [-0.15, -0.1) is 11.3 Å². The Morgan fingerprint density at radius 3 is 2.48 bits per heavy atom. The van der Waals surface area contributed by atoms with E-state index in [1.165, 1.54) is 5.56 Å². The molecule has 23 heavy (non-hydrogen) atoms. The molecular weight excluding hydrogens is 304 g/mol. The zero-order chi connectivity index (χ0) is 16.1. The van der Waals surface area contributed by atoms with Gasteiger partial charge in [0.05, 0.1) is 0 Å². The zero-order valence-corrected chi connectivity index (χ0v) is 14.3. The number of hydrogen-bond acceptors (Lipinski definition) is 3. The third-order valence-electron chi connectivity index (χ3n) is 4.15. The van der Waals surface area contributed by atoms with Crippen LogP contribution in [0.25, 0.3) is 6.08 Å². The Hall–Kier alpha value is -1.91. The largest absolute Gasteiger partial charge is 0.336 e. The Bertz CT molecular complexity index is 656. The summed E-state index contributed by atoms with van der Waals surface area (Å²) in [4.78, 5) is 18.1. The lowest BCUT2D eigenvalue weighted by molar-refractivity contribution is -0.128. The van der Waals surface area contributed by atoms with Crippen LogP contribution in [0.1, 0.15) is 17.4 Å². The highest BCUT2D eigenvalue weighted by atomic mass is 32.1. The van der Waals surface area contributed by atoms with Crippen molar-refractivity contribution in [1.29, 1.82) is 0 Å². The van der Waals surface area contributed by atoms with Crippen LogP contribution in [-0.4, -0.2) is 41.9 Å². The van der Waals surface area contributed by atoms with Crippen LogP contribution in [0, 0.1) is 0 Å². The molecule has 1 aliphatic rings. The maximum absolute atomic E-state index is 12.5. The average Bonchev–Trinajstić information content (AvgIpc) is 3.09. The number of hydrogen-bond donors (Lipinski definition) is 0. The molecule has 0 spiro atoms. The highest BCUT2D eigenvalue weighted by Gasteiger charge is 2.21. The molecule has 2 aromatic rings. The number of rotatable bonds is 4. The molecule has 1 aromatic heterocycles. The minimum Gasteiger partial charge on any atom is -0.336 e. The fraction of sp³-hybridized carbons (Fsp3) is 0.316. The lowest BCUT2D eigenvalue weighted by Gasteiger charge is -2.35. The summed E-state index contributed by atoms with van der Waals surface area (Å²) in [7, 11) is 0. The van der Waals surface area contributed by atoms with Crippen LogP contribution in [-0.2, 0) is 11.3 Å². The number of thiophene rings is 1. The summed E-state index contributed by atoms with van der Waals surface area (Å²) in [5.74, 6) is 0.165. The molecule has 0 saturated carbocycles. The highest BCUT2D eigenvalue weighted by molar-refractivity contribution is 7.10. The number of carbonyl (C=O) groups is 1. The first-order chi connectivity index (χ1) is 11.2. The van der Waals surface area contributed by atoms with E-state index in [-0.39, 0.29) is 5.91 Å². The number of amides is 1. The van der Waals surface area contributed by atoms with Crippen molar-refractivity contribution in [2.24, 2.45) is 0 Å². The summed E-state index contributed by atoms with van der Waals surface area (Å²) in [5.41, 5.74) is 2.16. The van der Waals surface area contributed by atoms with E-state index in [4.69, 9.17) is 0 Å². The quantitative estimate of drug-likeness (QED) is 0.803. The molecule has 3 nitrogen and oxygen atoms in total. The molecule has 0 radical (unpaired) electrons. The van der Waals surface area contributed by atoms with E-state index in [9.17, 15) is 4.79 Å². The molecule has 1 aromatic carbocycles. The van der Waals surface area contributed by atoms with E-state index in [0.717, 1.165) is 43.2 Å². The minimum atomic E-state index is 0.165. The number of nitrogens with zero attached hydrogens (tertiary/aromatic N) is 2. The molecule has 1 saturated heterocycles. The van der Waals surface area contributed by atoms with Gasteiger partial charge in [0.15, 0.2) is 0 Å². The van der Waals surface area contributed by atoms with Crippen molar-refractivity contribution in [3.8, 4) is 0 Å². The maximum atomic E-state index is 12.5. The van der Waals surface area contributed by atoms with Crippen LogP contribution in [0.15, 0.2) is 53.4 Å². The standard InChI is InChI=1S/C19H22N2OS/c1-16(14-18-8-5-13-23-18)19(22)21-11-9-20(10-12-21)15-17-6-3-2-4-7-17/h2-8,13-14H,9-12,15H2,1H3/b16-14+. The smallest absolute Gasteiger partial charge is 0.249 e. The normalized spacial score (nSPS) is 16.6. The maximum Gasteiger partial charge on any atom is 0.249 e. The molecule has 0 N–H and O–H groups in total. The lowest BCUT2D eigenvalue weighted by atomic mass is 10.1. The Balaban J connectivity index is 1.53. The van der Waals surface area contributed by atoms with E-state index in [2.05, 4.69) is 29.2 Å². The van der Waals surface area contributed by atoms with Gasteiger partial charge in [-0.05, 0) is 30.0 Å². The fourth-order valence-electron chi connectivity index (χ4n) is 2.85. The second kappa shape index (κ2) is 7.57. The van der Waals surface area contributed by atoms with Crippen LogP contribution in [0.4, 0.5) is 0 Å². The van der Waals surface area contributed by atoms with Crippen molar-refractivity contribution in [2.75, 3.05) is 26.2 Å². The van der Waals surface area contributed by atoms with Crippen LogP contribution in [0.3, 0.4) is 0 Å². The SMILES string of the molecule is C/C(=C\c1cccs1)C(=O)N1CCN(Cc2ccccc2)CC1. The second-order valence-corrected chi connectivity index (χ2v) is 6.88. The Morgan fingerprint density at radius 2 is 1.83 bits per heavy atom. The molecule has 0 atom stereocenters. The summed E-state index contributed by atoms with van der Waals surface area (Å²) in [6.45, 7) is 6.37. The molecule has 2 heterocycles. The molecular formula is C19H22N2OS. The Kier molecular flexibility index (Phi) is 5.26. The van der Waals surface area contributed by atoms with Gasteiger partial charge >= 0.3 is 0 Å². The van der Waals surface area contributed by atoms with E-state index in [0.29, 0.717) is 0 Å². The van der Waals surface area contributed by atoms with Crippen LogP contribution in [0.2, 0.25) is 0 Å². The van der Waals surface area contributed by atoms with Crippen molar-refractivity contribution in [3.63, 3.8) is 0 Å². The highest BCUT2D eigenvalue weighted by Crippen LogP contribution is 2.16. The first-order valence-corrected chi connectivity index (χ1v) is 8.88. The molecule has 1 fully saturated rings. The monoisotopic (exact) mass is 326 g/mol. The first kappa shape index (κ1) is 16.0. The van der Waals surface area contributed by atoms with E-state index in [1.807, 2.05) is 41.5 Å². The van der Waals surface area contributed by atoms with Crippen molar-refractivity contribution >= 4 is 23.3 Å². The van der Waals surface area contributed by atoms with Gasteiger partial charge in [0.2, 0.25) is 5.91 Å². The van der Waals surface area contributed by atoms with Gasteiger partial charge in [0, 0.05) is 43.2 Å². The molecule has 0 bridgehead atoms. The molecule has 1 aliphatic heterocycles. The Labute approximate surface area is 141 Å². The summed E-state index contributed by atoms with van der Waals surface area (Å²) >= 11 is 1.66. The Morgan fingerprint density at radius 1 is 1.09 bits per heavy atom. The van der Waals surface area contributed by atoms with Gasteiger partial charge in [0.25, 0.3) is 0 Å². The van der Waals surface area contributed by atoms with E-state index < -0.39 is 0 Å². The fourth-order valence-corrected chi connectivity index (χ4v) is 3.56. The van der Waals surface area contributed by atoms with Crippen LogP contribution in [0.5, 0.6) is 0 Å². The summed E-state index contributed by atoms with van der Waals surface area (Å²) < 4.78 is 0. The molecule has 1 amide bonds. The average molecular weight is 326 g/mol. The van der Waals surface area contributed by atoms with Gasteiger partial charge in [0.1, 0.15) is 0 Å². The predicted octanol–water partition coefficient (Wildman–Crippen LogP) is 3.50. The predicted molar refractivity (Wildman–Crippen MR) is 96.3 cm³/mol. The van der Waals surface area contributed by atoms with Crippen molar-refractivity contribution in [2.45, 2.75) is 13.5 Å².